The maximum atomic E-state index is 13.0. The van der Waals surface area contributed by atoms with Gasteiger partial charge in [-0.2, -0.15) is 0 Å². The summed E-state index contributed by atoms with van der Waals surface area (Å²) in [5.41, 5.74) is 2.54. The second-order valence-electron chi connectivity index (χ2n) is 7.14. The lowest BCUT2D eigenvalue weighted by Gasteiger charge is -2.31. The Balaban J connectivity index is 1.38. The Hall–Kier alpha value is -2.56. The SMILES string of the molecule is O=C(c1cccn1C1CC1)N1CCCC(c2nc3ccccc3o2)C1. The van der Waals surface area contributed by atoms with Crippen LogP contribution in [0.3, 0.4) is 0 Å². The fraction of sp³-hybridized carbons (Fsp3) is 0.400. The van der Waals surface area contributed by atoms with E-state index in [2.05, 4.69) is 9.55 Å². The van der Waals surface area contributed by atoms with Gasteiger partial charge in [0.25, 0.3) is 5.91 Å². The van der Waals surface area contributed by atoms with Gasteiger partial charge in [0.1, 0.15) is 11.2 Å². The molecule has 1 aliphatic carbocycles. The van der Waals surface area contributed by atoms with E-state index in [4.69, 9.17) is 4.42 Å². The number of oxazole rings is 1. The van der Waals surface area contributed by atoms with Crippen LogP contribution in [0.2, 0.25) is 0 Å². The van der Waals surface area contributed by atoms with E-state index < -0.39 is 0 Å². The molecule has 128 valence electrons. The fourth-order valence-corrected chi connectivity index (χ4v) is 3.84. The first-order valence-corrected chi connectivity index (χ1v) is 9.11. The predicted octanol–water partition coefficient (Wildman–Crippen LogP) is 3.98. The van der Waals surface area contributed by atoms with Crippen LogP contribution >= 0.6 is 0 Å². The Morgan fingerprint density at radius 3 is 2.84 bits per heavy atom. The van der Waals surface area contributed by atoms with Crippen LogP contribution in [0, 0.1) is 0 Å². The van der Waals surface area contributed by atoms with Gasteiger partial charge in [0, 0.05) is 25.3 Å². The average Bonchev–Trinajstić information content (AvgIpc) is 3.22. The van der Waals surface area contributed by atoms with E-state index in [1.165, 1.54) is 12.8 Å². The van der Waals surface area contributed by atoms with Crippen molar-refractivity contribution in [1.82, 2.24) is 14.5 Å². The highest BCUT2D eigenvalue weighted by Gasteiger charge is 2.32. The van der Waals surface area contributed by atoms with Crippen LogP contribution in [-0.4, -0.2) is 33.4 Å². The van der Waals surface area contributed by atoms with Crippen molar-refractivity contribution in [2.45, 2.75) is 37.6 Å². The summed E-state index contributed by atoms with van der Waals surface area (Å²) in [5.74, 6) is 1.07. The molecule has 5 nitrogen and oxygen atoms in total. The first-order valence-electron chi connectivity index (χ1n) is 9.11. The van der Waals surface area contributed by atoms with E-state index >= 15 is 0 Å². The molecule has 2 aromatic heterocycles. The van der Waals surface area contributed by atoms with Crippen molar-refractivity contribution in [3.63, 3.8) is 0 Å². The Kier molecular flexibility index (Phi) is 3.40. The first-order chi connectivity index (χ1) is 12.3. The maximum absolute atomic E-state index is 13.0. The summed E-state index contributed by atoms with van der Waals surface area (Å²) in [6, 6.07) is 12.3. The van der Waals surface area contributed by atoms with E-state index in [0.29, 0.717) is 12.6 Å². The van der Waals surface area contributed by atoms with Gasteiger partial charge < -0.3 is 13.9 Å². The van der Waals surface area contributed by atoms with Crippen LogP contribution in [0.5, 0.6) is 0 Å². The third kappa shape index (κ3) is 2.64. The molecule has 0 radical (unpaired) electrons. The zero-order chi connectivity index (χ0) is 16.8. The zero-order valence-corrected chi connectivity index (χ0v) is 14.1. The molecule has 1 amide bonds. The van der Waals surface area contributed by atoms with Crippen LogP contribution in [0.25, 0.3) is 11.1 Å². The summed E-state index contributed by atoms with van der Waals surface area (Å²) in [6.07, 6.45) is 6.40. The predicted molar refractivity (Wildman–Crippen MR) is 94.6 cm³/mol. The second-order valence-corrected chi connectivity index (χ2v) is 7.14. The molecule has 0 N–H and O–H groups in total. The number of aromatic nitrogens is 2. The molecule has 5 rings (SSSR count). The number of hydrogen-bond acceptors (Lipinski definition) is 3. The van der Waals surface area contributed by atoms with Crippen LogP contribution < -0.4 is 0 Å². The van der Waals surface area contributed by atoms with Gasteiger partial charge >= 0.3 is 0 Å². The van der Waals surface area contributed by atoms with E-state index in [1.807, 2.05) is 47.5 Å². The highest BCUT2D eigenvalue weighted by molar-refractivity contribution is 5.93. The number of fused-ring (bicyclic) bond motifs is 1. The molecule has 0 spiro atoms. The van der Waals surface area contributed by atoms with Crippen LogP contribution in [0.4, 0.5) is 0 Å². The minimum atomic E-state index is 0.137. The molecule has 1 atom stereocenters. The Bertz CT molecular complexity index is 889. The number of carbonyl (C=O) groups is 1. The molecule has 2 aliphatic rings. The number of amides is 1. The summed E-state index contributed by atoms with van der Waals surface area (Å²) < 4.78 is 8.09. The van der Waals surface area contributed by atoms with Crippen molar-refractivity contribution in [1.29, 1.82) is 0 Å². The van der Waals surface area contributed by atoms with Crippen molar-refractivity contribution >= 4 is 17.0 Å². The Labute approximate surface area is 146 Å². The molecule has 1 saturated carbocycles. The van der Waals surface area contributed by atoms with Gasteiger partial charge in [0.2, 0.25) is 0 Å². The number of likely N-dealkylation sites (tertiary alicyclic amines) is 1. The van der Waals surface area contributed by atoms with Crippen molar-refractivity contribution in [2.75, 3.05) is 13.1 Å². The minimum Gasteiger partial charge on any atom is -0.440 e. The third-order valence-electron chi connectivity index (χ3n) is 5.31. The molecule has 1 aliphatic heterocycles. The topological polar surface area (TPSA) is 51.3 Å². The lowest BCUT2D eigenvalue weighted by Crippen LogP contribution is -2.40. The highest BCUT2D eigenvalue weighted by atomic mass is 16.3. The maximum Gasteiger partial charge on any atom is 0.270 e. The third-order valence-corrected chi connectivity index (χ3v) is 5.31. The van der Waals surface area contributed by atoms with Gasteiger partial charge in [-0.05, 0) is 49.9 Å². The largest absolute Gasteiger partial charge is 0.440 e. The lowest BCUT2D eigenvalue weighted by molar-refractivity contribution is 0.0687. The summed E-state index contributed by atoms with van der Waals surface area (Å²) in [7, 11) is 0. The minimum absolute atomic E-state index is 0.137. The monoisotopic (exact) mass is 335 g/mol. The number of hydrogen-bond donors (Lipinski definition) is 0. The summed E-state index contributed by atoms with van der Waals surface area (Å²) in [6.45, 7) is 1.49. The van der Waals surface area contributed by atoms with Gasteiger partial charge in [0.15, 0.2) is 11.5 Å². The van der Waals surface area contributed by atoms with Gasteiger partial charge in [-0.25, -0.2) is 4.98 Å². The standard InChI is InChI=1S/C20H21N3O2/c24-20(17-7-4-12-23(17)15-9-10-15)22-11-3-5-14(13-22)19-21-16-6-1-2-8-18(16)25-19/h1-2,4,6-8,12,14-15H,3,5,9-11,13H2. The number of rotatable bonds is 3. The van der Waals surface area contributed by atoms with E-state index in [-0.39, 0.29) is 11.8 Å². The average molecular weight is 335 g/mol. The van der Waals surface area contributed by atoms with Crippen molar-refractivity contribution in [3.05, 3.63) is 54.2 Å². The van der Waals surface area contributed by atoms with E-state index in [0.717, 1.165) is 42.1 Å². The molecule has 3 aromatic rings. The number of carbonyl (C=O) groups excluding carboxylic acids is 1. The molecule has 1 unspecified atom stereocenters. The molecule has 5 heteroatoms. The van der Waals surface area contributed by atoms with Crippen LogP contribution in [0.15, 0.2) is 47.0 Å². The second kappa shape index (κ2) is 5.76. The van der Waals surface area contributed by atoms with E-state index in [1.54, 1.807) is 0 Å². The van der Waals surface area contributed by atoms with Gasteiger partial charge in [-0.3, -0.25) is 4.79 Å². The summed E-state index contributed by atoms with van der Waals surface area (Å²) in [5, 5.41) is 0. The molecule has 0 bridgehead atoms. The smallest absolute Gasteiger partial charge is 0.270 e. The number of nitrogens with zero attached hydrogens (tertiary/aromatic N) is 3. The van der Waals surface area contributed by atoms with Gasteiger partial charge in [-0.15, -0.1) is 0 Å². The normalized spacial score (nSPS) is 21.0. The van der Waals surface area contributed by atoms with Gasteiger partial charge in [-0.1, -0.05) is 12.1 Å². The number of benzene rings is 1. The fourth-order valence-electron chi connectivity index (χ4n) is 3.84. The summed E-state index contributed by atoms with van der Waals surface area (Å²) in [4.78, 5) is 19.6. The number of piperidine rings is 1. The summed E-state index contributed by atoms with van der Waals surface area (Å²) >= 11 is 0. The molecular formula is C20H21N3O2. The quantitative estimate of drug-likeness (QED) is 0.727. The zero-order valence-electron chi connectivity index (χ0n) is 14.1. The lowest BCUT2D eigenvalue weighted by atomic mass is 9.97. The molecule has 2 fully saturated rings. The Morgan fingerprint density at radius 2 is 2.00 bits per heavy atom. The van der Waals surface area contributed by atoms with Gasteiger partial charge in [0.05, 0.1) is 5.92 Å². The molecule has 1 saturated heterocycles. The highest BCUT2D eigenvalue weighted by Crippen LogP contribution is 2.37. The van der Waals surface area contributed by atoms with Crippen molar-refractivity contribution < 1.29 is 9.21 Å². The van der Waals surface area contributed by atoms with Crippen LogP contribution in [0.1, 0.15) is 54.0 Å². The van der Waals surface area contributed by atoms with E-state index in [9.17, 15) is 4.79 Å². The molecule has 1 aromatic carbocycles. The van der Waals surface area contributed by atoms with Crippen molar-refractivity contribution in [2.24, 2.45) is 0 Å². The van der Waals surface area contributed by atoms with Crippen molar-refractivity contribution in [3.8, 4) is 0 Å². The van der Waals surface area contributed by atoms with Crippen LogP contribution in [-0.2, 0) is 0 Å². The molecule has 3 heterocycles. The first kappa shape index (κ1) is 14.8. The number of para-hydroxylation sites is 2. The Morgan fingerprint density at radius 1 is 1.12 bits per heavy atom. The molecular weight excluding hydrogens is 314 g/mol. The molecule has 25 heavy (non-hydrogen) atoms.